The molecule has 0 aliphatic rings. The van der Waals surface area contributed by atoms with Gasteiger partial charge in [0.2, 0.25) is 0 Å². The maximum absolute atomic E-state index is 13.2. The summed E-state index contributed by atoms with van der Waals surface area (Å²) >= 11 is 0. The molecule has 0 spiro atoms. The van der Waals surface area contributed by atoms with Gasteiger partial charge in [-0.05, 0) is 55.8 Å². The van der Waals surface area contributed by atoms with E-state index in [0.29, 0.717) is 40.4 Å². The quantitative estimate of drug-likeness (QED) is 0.282. The van der Waals surface area contributed by atoms with E-state index in [1.54, 1.807) is 55.0 Å². The molecule has 1 aromatic heterocycles. The van der Waals surface area contributed by atoms with Crippen molar-refractivity contribution in [2.24, 2.45) is 7.05 Å². The van der Waals surface area contributed by atoms with E-state index in [1.807, 2.05) is 43.3 Å². The molecule has 2 N–H and O–H groups in total. The van der Waals surface area contributed by atoms with Crippen LogP contribution in [0.2, 0.25) is 0 Å². The van der Waals surface area contributed by atoms with Gasteiger partial charge in [-0.2, -0.15) is 0 Å². The van der Waals surface area contributed by atoms with E-state index in [0.717, 1.165) is 5.56 Å². The van der Waals surface area contributed by atoms with Gasteiger partial charge in [0.15, 0.2) is 0 Å². The highest BCUT2D eigenvalue weighted by atomic mass is 16.5. The molecule has 3 aromatic rings. The van der Waals surface area contributed by atoms with E-state index in [9.17, 15) is 14.7 Å². The third-order valence-electron chi connectivity index (χ3n) is 5.93. The van der Waals surface area contributed by atoms with Crippen LogP contribution in [0.3, 0.4) is 0 Å². The van der Waals surface area contributed by atoms with E-state index in [1.165, 1.54) is 6.07 Å². The number of nitrogens with one attached hydrogen (secondary N) is 1. The number of carbonyl (C=O) groups is 2. The smallest absolute Gasteiger partial charge is 0.336 e. The number of hydrogen-bond acceptors (Lipinski definition) is 3. The Balaban J connectivity index is 1.81. The maximum atomic E-state index is 13.2. The molecule has 0 saturated carbocycles. The Labute approximate surface area is 217 Å². The second kappa shape index (κ2) is 12.4. The predicted molar refractivity (Wildman–Crippen MR) is 146 cm³/mol. The zero-order chi connectivity index (χ0) is 26.9. The molecule has 37 heavy (non-hydrogen) atoms. The number of carbonyl (C=O) groups excluding carboxylic acids is 1. The Morgan fingerprint density at radius 3 is 2.57 bits per heavy atom. The first-order chi connectivity index (χ1) is 17.7. The zero-order valence-corrected chi connectivity index (χ0v) is 21.2. The Kier molecular flexibility index (Phi) is 9.04. The van der Waals surface area contributed by atoms with Gasteiger partial charge < -0.3 is 19.7 Å². The molecular weight excluding hydrogens is 464 g/mol. The van der Waals surface area contributed by atoms with Crippen molar-refractivity contribution in [1.29, 1.82) is 0 Å². The van der Waals surface area contributed by atoms with Crippen LogP contribution in [-0.2, 0) is 18.4 Å². The van der Waals surface area contributed by atoms with E-state index in [2.05, 4.69) is 17.8 Å². The van der Waals surface area contributed by atoms with Gasteiger partial charge in [0.25, 0.3) is 5.91 Å². The van der Waals surface area contributed by atoms with Crippen LogP contribution in [0.4, 0.5) is 0 Å². The number of carboxylic acid groups (broad SMARTS) is 1. The number of allylic oxidation sites excluding steroid dienone is 3. The first-order valence-electron chi connectivity index (χ1n) is 11.7. The van der Waals surface area contributed by atoms with Gasteiger partial charge in [0.1, 0.15) is 0 Å². The van der Waals surface area contributed by atoms with Crippen molar-refractivity contribution >= 4 is 11.9 Å². The monoisotopic (exact) mass is 494 g/mol. The van der Waals surface area contributed by atoms with Crippen molar-refractivity contribution < 1.29 is 19.4 Å². The number of ether oxygens (including phenoxy) is 1. The molecule has 2 aromatic carbocycles. The lowest BCUT2D eigenvalue weighted by atomic mass is 10.0. The summed E-state index contributed by atoms with van der Waals surface area (Å²) in [6.45, 7) is 7.93. The van der Waals surface area contributed by atoms with Gasteiger partial charge in [-0.1, -0.05) is 55.0 Å². The van der Waals surface area contributed by atoms with Gasteiger partial charge in [0.05, 0.1) is 23.8 Å². The first kappa shape index (κ1) is 27.0. The summed E-state index contributed by atoms with van der Waals surface area (Å²) in [6.07, 6.45) is 12.2. The minimum Gasteiger partial charge on any atom is -0.478 e. The summed E-state index contributed by atoms with van der Waals surface area (Å²) in [4.78, 5) is 25.1. The molecule has 0 radical (unpaired) electrons. The van der Waals surface area contributed by atoms with Crippen LogP contribution in [-0.4, -0.2) is 27.7 Å². The normalized spacial score (nSPS) is 12.2. The number of benzene rings is 2. The molecule has 6 nitrogen and oxygen atoms in total. The molecule has 1 heterocycles. The molecule has 6 heteroatoms. The van der Waals surface area contributed by atoms with Crippen molar-refractivity contribution in [1.82, 2.24) is 9.88 Å². The highest BCUT2D eigenvalue weighted by molar-refractivity contribution is 6.00. The Bertz CT molecular complexity index is 1400. The summed E-state index contributed by atoms with van der Waals surface area (Å²) in [7, 11) is 1.78. The molecule has 3 rings (SSSR count). The minimum atomic E-state index is -1.08. The lowest BCUT2D eigenvalue weighted by molar-refractivity contribution is 0.0697. The summed E-state index contributed by atoms with van der Waals surface area (Å²) in [5.74, 6) is 1.12. The molecule has 0 saturated heterocycles. The van der Waals surface area contributed by atoms with Gasteiger partial charge in [-0.15, -0.1) is 6.42 Å². The highest BCUT2D eigenvalue weighted by Crippen LogP contribution is 2.29. The summed E-state index contributed by atoms with van der Waals surface area (Å²) in [5, 5.41) is 12.6. The number of carboxylic acids is 1. The van der Waals surface area contributed by atoms with Gasteiger partial charge >= 0.3 is 5.97 Å². The lowest BCUT2D eigenvalue weighted by Gasteiger charge is -2.10. The number of amides is 1. The summed E-state index contributed by atoms with van der Waals surface area (Å²) < 4.78 is 7.65. The SMILES string of the molecule is C#Cc1ccc(C(=O)O)c(-c2cc(C(=O)NC(/C=C\C(C)OCc3ccccc3)=C/C=C)c(C)n2C)c1. The average Bonchev–Trinajstić information content (AvgIpc) is 3.20. The largest absolute Gasteiger partial charge is 0.478 e. The van der Waals surface area contributed by atoms with E-state index in [4.69, 9.17) is 11.2 Å². The van der Waals surface area contributed by atoms with Gasteiger partial charge in [-0.3, -0.25) is 4.79 Å². The van der Waals surface area contributed by atoms with Gasteiger partial charge in [0, 0.05) is 35.3 Å². The average molecular weight is 495 g/mol. The van der Waals surface area contributed by atoms with Crippen LogP contribution in [0.5, 0.6) is 0 Å². The standard InChI is InChI=1S/C31H30N2O4/c1-6-11-25(16-14-21(3)37-20-24-12-9-8-10-13-24)32-30(34)27-19-29(33(5)22(27)4)28-18-23(7-2)15-17-26(28)31(35)36/h2,6,8-19,21H,1,20H2,3-5H3,(H,32,34)(H,35,36)/b16-14-,25-11+. The third-order valence-corrected chi connectivity index (χ3v) is 5.93. The lowest BCUT2D eigenvalue weighted by Crippen LogP contribution is -2.22. The van der Waals surface area contributed by atoms with E-state index in [-0.39, 0.29) is 17.6 Å². The van der Waals surface area contributed by atoms with Crippen molar-refractivity contribution in [2.45, 2.75) is 26.6 Å². The Hall–Kier alpha value is -4.60. The van der Waals surface area contributed by atoms with Crippen molar-refractivity contribution in [3.63, 3.8) is 0 Å². The minimum absolute atomic E-state index is 0.103. The topological polar surface area (TPSA) is 80.6 Å². The second-order valence-electron chi connectivity index (χ2n) is 8.47. The maximum Gasteiger partial charge on any atom is 0.336 e. The Morgan fingerprint density at radius 1 is 1.19 bits per heavy atom. The second-order valence-corrected chi connectivity index (χ2v) is 8.47. The third kappa shape index (κ3) is 6.75. The van der Waals surface area contributed by atoms with Crippen molar-refractivity contribution in [2.75, 3.05) is 0 Å². The fourth-order valence-electron chi connectivity index (χ4n) is 3.78. The molecule has 1 atom stereocenters. The van der Waals surface area contributed by atoms with E-state index < -0.39 is 5.97 Å². The Morgan fingerprint density at radius 2 is 1.92 bits per heavy atom. The number of aromatic carboxylic acids is 1. The van der Waals surface area contributed by atoms with Crippen LogP contribution in [0.15, 0.2) is 91.2 Å². The number of nitrogens with zero attached hydrogens (tertiary/aromatic N) is 1. The van der Waals surface area contributed by atoms with Crippen LogP contribution in [0.1, 0.15) is 44.5 Å². The van der Waals surface area contributed by atoms with Crippen LogP contribution >= 0.6 is 0 Å². The van der Waals surface area contributed by atoms with Crippen LogP contribution < -0.4 is 5.32 Å². The molecular formula is C31H30N2O4. The van der Waals surface area contributed by atoms with Crippen molar-refractivity contribution in [3.05, 3.63) is 119 Å². The molecule has 1 unspecified atom stereocenters. The van der Waals surface area contributed by atoms with E-state index >= 15 is 0 Å². The number of hydrogen-bond donors (Lipinski definition) is 2. The number of aromatic nitrogens is 1. The molecule has 1 amide bonds. The number of rotatable bonds is 10. The van der Waals surface area contributed by atoms with Crippen LogP contribution in [0.25, 0.3) is 11.3 Å². The molecule has 0 aliphatic heterocycles. The first-order valence-corrected chi connectivity index (χ1v) is 11.7. The summed E-state index contributed by atoms with van der Waals surface area (Å²) in [6, 6.07) is 16.3. The fourth-order valence-corrected chi connectivity index (χ4v) is 3.78. The molecule has 188 valence electrons. The number of terminal acetylenes is 1. The molecule has 0 bridgehead atoms. The molecule has 0 fully saturated rings. The fraction of sp³-hybridized carbons (Fsp3) is 0.161. The highest BCUT2D eigenvalue weighted by Gasteiger charge is 2.21. The predicted octanol–water partition coefficient (Wildman–Crippen LogP) is 5.64. The summed E-state index contributed by atoms with van der Waals surface area (Å²) in [5.41, 5.74) is 4.38. The zero-order valence-electron chi connectivity index (χ0n) is 21.2. The van der Waals surface area contributed by atoms with Crippen molar-refractivity contribution in [3.8, 4) is 23.6 Å². The van der Waals surface area contributed by atoms with Crippen LogP contribution in [0, 0.1) is 19.3 Å². The molecule has 0 aliphatic carbocycles. The van der Waals surface area contributed by atoms with Gasteiger partial charge in [-0.25, -0.2) is 4.79 Å².